The summed E-state index contributed by atoms with van der Waals surface area (Å²) in [6.07, 6.45) is 9.20. The summed E-state index contributed by atoms with van der Waals surface area (Å²) in [5.74, 6) is 0. The normalized spacial score (nSPS) is 22.1. The van der Waals surface area contributed by atoms with Gasteiger partial charge in [-0.25, -0.2) is 0 Å². The molecule has 1 fully saturated rings. The molecule has 0 amide bonds. The molecule has 1 heterocycles. The summed E-state index contributed by atoms with van der Waals surface area (Å²) < 4.78 is 5.72. The smallest absolute Gasteiger partial charge is 0.0576 e. The van der Waals surface area contributed by atoms with Crippen molar-refractivity contribution in [2.24, 2.45) is 0 Å². The van der Waals surface area contributed by atoms with E-state index in [0.717, 1.165) is 6.61 Å². The van der Waals surface area contributed by atoms with E-state index in [1.54, 1.807) is 0 Å². The Morgan fingerprint density at radius 2 is 2.00 bits per heavy atom. The molecule has 19 heavy (non-hydrogen) atoms. The van der Waals surface area contributed by atoms with Crippen LogP contribution in [0.25, 0.3) is 0 Å². The topological polar surface area (TPSA) is 24.5 Å². The molecule has 1 N–H and O–H groups in total. The Bertz CT molecular complexity index is 233. The lowest BCUT2D eigenvalue weighted by Crippen LogP contribution is -2.57. The van der Waals surface area contributed by atoms with Crippen molar-refractivity contribution in [2.75, 3.05) is 27.7 Å². The van der Waals surface area contributed by atoms with Crippen molar-refractivity contribution in [1.29, 1.82) is 0 Å². The van der Waals surface area contributed by atoms with Gasteiger partial charge in [-0.2, -0.15) is 0 Å². The Labute approximate surface area is 120 Å². The number of likely N-dealkylation sites (N-methyl/N-ethyl adjacent to an activating group) is 2. The van der Waals surface area contributed by atoms with Gasteiger partial charge in [0, 0.05) is 18.2 Å². The first-order valence-electron chi connectivity index (χ1n) is 8.07. The second-order valence-electron chi connectivity index (χ2n) is 6.11. The zero-order chi connectivity index (χ0) is 14.3. The number of nitrogens with zero attached hydrogens (tertiary/aromatic N) is 1. The van der Waals surface area contributed by atoms with Crippen molar-refractivity contribution in [3.63, 3.8) is 0 Å². The van der Waals surface area contributed by atoms with Crippen molar-refractivity contribution in [2.45, 2.75) is 76.5 Å². The highest BCUT2D eigenvalue weighted by Gasteiger charge is 2.36. The molecule has 1 aliphatic heterocycles. The molecule has 0 bridgehead atoms. The molecular weight excluding hydrogens is 236 g/mol. The van der Waals surface area contributed by atoms with Gasteiger partial charge in [0.25, 0.3) is 0 Å². The summed E-state index contributed by atoms with van der Waals surface area (Å²) in [6.45, 7) is 5.60. The van der Waals surface area contributed by atoms with Crippen LogP contribution >= 0.6 is 0 Å². The van der Waals surface area contributed by atoms with Crippen LogP contribution in [0.5, 0.6) is 0 Å². The lowest BCUT2D eigenvalue weighted by atomic mass is 9.80. The Hall–Kier alpha value is -0.120. The van der Waals surface area contributed by atoms with E-state index in [-0.39, 0.29) is 5.54 Å². The average Bonchev–Trinajstić information content (AvgIpc) is 2.91. The van der Waals surface area contributed by atoms with Crippen LogP contribution in [0.15, 0.2) is 0 Å². The van der Waals surface area contributed by atoms with Gasteiger partial charge in [-0.05, 0) is 66.1 Å². The zero-order valence-corrected chi connectivity index (χ0v) is 13.7. The molecule has 0 aromatic heterocycles. The Balaban J connectivity index is 2.49. The molecule has 0 aliphatic carbocycles. The Morgan fingerprint density at radius 1 is 1.32 bits per heavy atom. The lowest BCUT2D eigenvalue weighted by molar-refractivity contribution is 0.0768. The van der Waals surface area contributed by atoms with Gasteiger partial charge in [0.15, 0.2) is 0 Å². The van der Waals surface area contributed by atoms with Crippen molar-refractivity contribution in [3.8, 4) is 0 Å². The van der Waals surface area contributed by atoms with Crippen LogP contribution in [0, 0.1) is 0 Å². The van der Waals surface area contributed by atoms with Gasteiger partial charge in [0.2, 0.25) is 0 Å². The number of hydrogen-bond acceptors (Lipinski definition) is 3. The summed E-state index contributed by atoms with van der Waals surface area (Å²) in [4.78, 5) is 2.42. The molecule has 0 radical (unpaired) electrons. The molecule has 2 unspecified atom stereocenters. The van der Waals surface area contributed by atoms with Crippen LogP contribution in [0.2, 0.25) is 0 Å². The van der Waals surface area contributed by atoms with Gasteiger partial charge in [-0.3, -0.25) is 0 Å². The largest absolute Gasteiger partial charge is 0.378 e. The third-order valence-electron chi connectivity index (χ3n) is 5.16. The van der Waals surface area contributed by atoms with E-state index in [9.17, 15) is 0 Å². The molecule has 1 rings (SSSR count). The minimum Gasteiger partial charge on any atom is -0.378 e. The van der Waals surface area contributed by atoms with Gasteiger partial charge in [0.05, 0.1) is 6.10 Å². The third kappa shape index (κ3) is 4.17. The fourth-order valence-electron chi connectivity index (χ4n) is 3.79. The third-order valence-corrected chi connectivity index (χ3v) is 5.16. The van der Waals surface area contributed by atoms with Gasteiger partial charge in [0.1, 0.15) is 0 Å². The molecule has 2 atom stereocenters. The van der Waals surface area contributed by atoms with Crippen molar-refractivity contribution in [3.05, 3.63) is 0 Å². The molecule has 3 nitrogen and oxygen atoms in total. The SMILES string of the molecule is CCC(CC)(C(CCCC1CCCO1)NC)N(C)C. The van der Waals surface area contributed by atoms with Crippen molar-refractivity contribution in [1.82, 2.24) is 10.2 Å². The standard InChI is InChI=1S/C16H34N2O/c1-6-16(7-2,18(4)5)15(17-3)12-8-10-14-11-9-13-19-14/h14-15,17H,6-13H2,1-5H3. The predicted molar refractivity (Wildman–Crippen MR) is 82.7 cm³/mol. The van der Waals surface area contributed by atoms with E-state index >= 15 is 0 Å². The van der Waals surface area contributed by atoms with Gasteiger partial charge in [-0.15, -0.1) is 0 Å². The fraction of sp³-hybridized carbons (Fsp3) is 1.00. The molecule has 0 aromatic rings. The molecule has 0 saturated carbocycles. The first-order valence-corrected chi connectivity index (χ1v) is 8.07. The Morgan fingerprint density at radius 3 is 2.42 bits per heavy atom. The number of nitrogens with one attached hydrogen (secondary N) is 1. The monoisotopic (exact) mass is 270 g/mol. The van der Waals surface area contributed by atoms with E-state index in [1.807, 2.05) is 0 Å². The molecular formula is C16H34N2O. The maximum Gasteiger partial charge on any atom is 0.0576 e. The summed E-state index contributed by atoms with van der Waals surface area (Å²) in [6, 6.07) is 0.568. The number of hydrogen-bond donors (Lipinski definition) is 1. The molecule has 1 saturated heterocycles. The maximum absolute atomic E-state index is 5.72. The van der Waals surface area contributed by atoms with E-state index in [0.29, 0.717) is 12.1 Å². The Kier molecular flexibility index (Phi) is 7.33. The minimum absolute atomic E-state index is 0.283. The summed E-state index contributed by atoms with van der Waals surface area (Å²) in [5.41, 5.74) is 0.283. The summed E-state index contributed by atoms with van der Waals surface area (Å²) in [7, 11) is 6.55. The van der Waals surface area contributed by atoms with E-state index in [4.69, 9.17) is 4.74 Å². The first-order chi connectivity index (χ1) is 9.10. The molecule has 1 aliphatic rings. The summed E-state index contributed by atoms with van der Waals surface area (Å²) >= 11 is 0. The minimum atomic E-state index is 0.283. The highest BCUT2D eigenvalue weighted by Crippen LogP contribution is 2.29. The summed E-state index contributed by atoms with van der Waals surface area (Å²) in [5, 5.41) is 3.57. The first kappa shape index (κ1) is 16.9. The van der Waals surface area contributed by atoms with Crippen LogP contribution in [0.4, 0.5) is 0 Å². The second kappa shape index (κ2) is 8.23. The second-order valence-corrected chi connectivity index (χ2v) is 6.11. The quantitative estimate of drug-likeness (QED) is 0.697. The van der Waals surface area contributed by atoms with Crippen LogP contribution < -0.4 is 5.32 Å². The highest BCUT2D eigenvalue weighted by atomic mass is 16.5. The lowest BCUT2D eigenvalue weighted by Gasteiger charge is -2.45. The number of rotatable bonds is 9. The fourth-order valence-corrected chi connectivity index (χ4v) is 3.79. The molecule has 3 heteroatoms. The van der Waals surface area contributed by atoms with Gasteiger partial charge < -0.3 is 15.0 Å². The molecule has 0 spiro atoms. The van der Waals surface area contributed by atoms with E-state index in [1.165, 1.54) is 44.9 Å². The van der Waals surface area contributed by atoms with E-state index < -0.39 is 0 Å². The highest BCUT2D eigenvalue weighted by molar-refractivity contribution is 4.96. The maximum atomic E-state index is 5.72. The van der Waals surface area contributed by atoms with Crippen LogP contribution in [-0.4, -0.2) is 50.3 Å². The number of ether oxygens (including phenoxy) is 1. The van der Waals surface area contributed by atoms with Crippen molar-refractivity contribution < 1.29 is 4.74 Å². The van der Waals surface area contributed by atoms with Gasteiger partial charge >= 0.3 is 0 Å². The van der Waals surface area contributed by atoms with Crippen LogP contribution in [0.1, 0.15) is 58.8 Å². The molecule has 114 valence electrons. The average molecular weight is 270 g/mol. The van der Waals surface area contributed by atoms with E-state index in [2.05, 4.69) is 45.2 Å². The van der Waals surface area contributed by atoms with Crippen LogP contribution in [0.3, 0.4) is 0 Å². The zero-order valence-electron chi connectivity index (χ0n) is 13.7. The molecule has 0 aromatic carbocycles. The van der Waals surface area contributed by atoms with Crippen LogP contribution in [-0.2, 0) is 4.74 Å². The predicted octanol–water partition coefficient (Wildman–Crippen LogP) is 3.04. The van der Waals surface area contributed by atoms with Gasteiger partial charge in [-0.1, -0.05) is 13.8 Å². The van der Waals surface area contributed by atoms with Crippen molar-refractivity contribution >= 4 is 0 Å².